The predicted molar refractivity (Wildman–Crippen MR) is 79.7 cm³/mol. The minimum absolute atomic E-state index is 0.0163. The van der Waals surface area contributed by atoms with E-state index >= 15 is 0 Å². The summed E-state index contributed by atoms with van der Waals surface area (Å²) < 4.78 is 33.0. The summed E-state index contributed by atoms with van der Waals surface area (Å²) in [6, 6.07) is 4.59. The van der Waals surface area contributed by atoms with Gasteiger partial charge in [-0.3, -0.25) is 0 Å². The van der Waals surface area contributed by atoms with Gasteiger partial charge in [-0.15, -0.1) is 0 Å². The Morgan fingerprint density at radius 1 is 1.30 bits per heavy atom. The Bertz CT molecular complexity index is 574. The van der Waals surface area contributed by atoms with Crippen LogP contribution < -0.4 is 9.46 Å². The molecule has 1 saturated carbocycles. The van der Waals surface area contributed by atoms with Gasteiger partial charge < -0.3 is 4.74 Å². The Labute approximate surface area is 125 Å². The molecule has 4 nitrogen and oxygen atoms in total. The largest absolute Gasteiger partial charge is 0.495 e. The molecule has 1 fully saturated rings. The second-order valence-electron chi connectivity index (χ2n) is 5.28. The highest BCUT2D eigenvalue weighted by Crippen LogP contribution is 2.29. The Morgan fingerprint density at radius 3 is 2.65 bits per heavy atom. The Balaban J connectivity index is 2.28. The van der Waals surface area contributed by atoms with Gasteiger partial charge in [-0.2, -0.15) is 0 Å². The van der Waals surface area contributed by atoms with E-state index in [4.69, 9.17) is 16.3 Å². The fourth-order valence-corrected chi connectivity index (χ4v) is 4.43. The van der Waals surface area contributed by atoms with Crippen LogP contribution in [0, 0.1) is 5.92 Å². The van der Waals surface area contributed by atoms with Crippen LogP contribution in [0.15, 0.2) is 23.1 Å². The molecule has 2 rings (SSSR count). The molecule has 0 bridgehead atoms. The normalized spacial score (nSPS) is 23.6. The Morgan fingerprint density at radius 2 is 2.00 bits per heavy atom. The van der Waals surface area contributed by atoms with E-state index in [-0.39, 0.29) is 10.9 Å². The average Bonchev–Trinajstić information content (AvgIpc) is 2.41. The van der Waals surface area contributed by atoms with E-state index in [2.05, 4.69) is 11.6 Å². The molecule has 2 atom stereocenters. The Kier molecular flexibility index (Phi) is 4.94. The molecule has 1 aliphatic rings. The molecule has 0 radical (unpaired) electrons. The second kappa shape index (κ2) is 6.33. The van der Waals surface area contributed by atoms with E-state index in [0.29, 0.717) is 16.7 Å². The zero-order chi connectivity index (χ0) is 14.8. The molecule has 1 aromatic carbocycles. The summed E-state index contributed by atoms with van der Waals surface area (Å²) in [6.45, 7) is 2.08. The number of nitrogens with one attached hydrogen (secondary N) is 1. The third kappa shape index (κ3) is 3.45. The molecule has 0 spiro atoms. The first-order chi connectivity index (χ1) is 9.44. The van der Waals surface area contributed by atoms with Crippen molar-refractivity contribution in [1.29, 1.82) is 0 Å². The van der Waals surface area contributed by atoms with Gasteiger partial charge in [-0.25, -0.2) is 13.1 Å². The van der Waals surface area contributed by atoms with Gasteiger partial charge in [-0.05, 0) is 37.0 Å². The van der Waals surface area contributed by atoms with Crippen molar-refractivity contribution in [3.63, 3.8) is 0 Å². The summed E-state index contributed by atoms with van der Waals surface area (Å²) in [4.78, 5) is 0.102. The molecule has 0 aromatic heterocycles. The van der Waals surface area contributed by atoms with Crippen molar-refractivity contribution in [3.05, 3.63) is 23.2 Å². The molecule has 0 saturated heterocycles. The standard InChI is InChI=1S/C14H20ClNO3S/c1-10-5-3-4-6-12(10)16-20(17,18)14-9-11(15)7-8-13(14)19-2/h7-10,12,16H,3-6H2,1-2H3/t10-,12+/m0/s1. The zero-order valence-corrected chi connectivity index (χ0v) is 13.3. The van der Waals surface area contributed by atoms with Gasteiger partial charge in [0.15, 0.2) is 0 Å². The lowest BCUT2D eigenvalue weighted by atomic mass is 9.87. The molecule has 6 heteroatoms. The first-order valence-corrected chi connectivity index (χ1v) is 8.66. The third-order valence-corrected chi connectivity index (χ3v) is 5.58. The van der Waals surface area contributed by atoms with Crippen molar-refractivity contribution < 1.29 is 13.2 Å². The minimum Gasteiger partial charge on any atom is -0.495 e. The lowest BCUT2D eigenvalue weighted by molar-refractivity contribution is 0.310. The number of halogens is 1. The van der Waals surface area contributed by atoms with Crippen LogP contribution in [0.4, 0.5) is 0 Å². The number of hydrogen-bond acceptors (Lipinski definition) is 3. The SMILES string of the molecule is COc1ccc(Cl)cc1S(=O)(=O)N[C@@H]1CCCC[C@@H]1C. The van der Waals surface area contributed by atoms with E-state index in [1.807, 2.05) is 0 Å². The minimum atomic E-state index is -3.62. The molecule has 1 aliphatic carbocycles. The summed E-state index contributed by atoms with van der Waals surface area (Å²) >= 11 is 5.90. The number of methoxy groups -OCH3 is 1. The van der Waals surface area contributed by atoms with Crippen molar-refractivity contribution in [3.8, 4) is 5.75 Å². The second-order valence-corrected chi connectivity index (χ2v) is 7.40. The third-order valence-electron chi connectivity index (χ3n) is 3.83. The van der Waals surface area contributed by atoms with Gasteiger partial charge in [-0.1, -0.05) is 31.4 Å². The fraction of sp³-hybridized carbons (Fsp3) is 0.571. The van der Waals surface area contributed by atoms with Crippen molar-refractivity contribution >= 4 is 21.6 Å². The summed E-state index contributed by atoms with van der Waals surface area (Å²) in [5.74, 6) is 0.661. The lowest BCUT2D eigenvalue weighted by Crippen LogP contribution is -2.41. The van der Waals surface area contributed by atoms with Crippen molar-refractivity contribution in [2.75, 3.05) is 7.11 Å². The van der Waals surface area contributed by atoms with E-state index in [1.54, 1.807) is 12.1 Å². The molecule has 0 aliphatic heterocycles. The number of hydrogen-bond donors (Lipinski definition) is 1. The van der Waals surface area contributed by atoms with Crippen LogP contribution in [0.2, 0.25) is 5.02 Å². The van der Waals surface area contributed by atoms with Crippen molar-refractivity contribution in [2.24, 2.45) is 5.92 Å². The highest BCUT2D eigenvalue weighted by Gasteiger charge is 2.28. The molecule has 1 aromatic rings. The summed E-state index contributed by atoms with van der Waals surface area (Å²) in [6.07, 6.45) is 4.16. The van der Waals surface area contributed by atoms with Gasteiger partial charge in [0.1, 0.15) is 10.6 Å². The van der Waals surface area contributed by atoms with Crippen molar-refractivity contribution in [2.45, 2.75) is 43.5 Å². The molecule has 20 heavy (non-hydrogen) atoms. The van der Waals surface area contributed by atoms with Crippen LogP contribution in [-0.4, -0.2) is 21.6 Å². The van der Waals surface area contributed by atoms with Gasteiger partial charge in [0, 0.05) is 11.1 Å². The van der Waals surface area contributed by atoms with Gasteiger partial charge >= 0.3 is 0 Å². The van der Waals surface area contributed by atoms with Gasteiger partial charge in [0.05, 0.1) is 7.11 Å². The number of sulfonamides is 1. The van der Waals surface area contributed by atoms with E-state index < -0.39 is 10.0 Å². The molecule has 1 N–H and O–H groups in total. The van der Waals surface area contributed by atoms with Crippen LogP contribution in [0.25, 0.3) is 0 Å². The summed E-state index contributed by atoms with van der Waals surface area (Å²) in [7, 11) is -2.17. The van der Waals surface area contributed by atoms with E-state index in [0.717, 1.165) is 19.3 Å². The predicted octanol–water partition coefficient (Wildman–Crippen LogP) is 3.21. The average molecular weight is 318 g/mol. The fourth-order valence-electron chi connectivity index (χ4n) is 2.61. The van der Waals surface area contributed by atoms with Crippen molar-refractivity contribution in [1.82, 2.24) is 4.72 Å². The first-order valence-electron chi connectivity index (χ1n) is 6.80. The first kappa shape index (κ1) is 15.6. The molecular weight excluding hydrogens is 298 g/mol. The molecule has 112 valence electrons. The maximum absolute atomic E-state index is 12.5. The quantitative estimate of drug-likeness (QED) is 0.927. The monoisotopic (exact) mass is 317 g/mol. The summed E-state index contributed by atoms with van der Waals surface area (Å²) in [5.41, 5.74) is 0. The smallest absolute Gasteiger partial charge is 0.244 e. The van der Waals surface area contributed by atoms with Crippen LogP contribution >= 0.6 is 11.6 Å². The van der Waals surface area contributed by atoms with Crippen LogP contribution in [0.1, 0.15) is 32.6 Å². The zero-order valence-electron chi connectivity index (χ0n) is 11.7. The maximum atomic E-state index is 12.5. The van der Waals surface area contributed by atoms with Crippen LogP contribution in [0.3, 0.4) is 0 Å². The maximum Gasteiger partial charge on any atom is 0.244 e. The Hall–Kier alpha value is -0.780. The van der Waals surface area contributed by atoms with Gasteiger partial charge in [0.2, 0.25) is 10.0 Å². The highest BCUT2D eigenvalue weighted by molar-refractivity contribution is 7.89. The lowest BCUT2D eigenvalue weighted by Gasteiger charge is -2.29. The van der Waals surface area contributed by atoms with Crippen LogP contribution in [-0.2, 0) is 10.0 Å². The number of rotatable bonds is 4. The topological polar surface area (TPSA) is 55.4 Å². The van der Waals surface area contributed by atoms with E-state index in [9.17, 15) is 8.42 Å². The van der Waals surface area contributed by atoms with E-state index in [1.165, 1.54) is 19.6 Å². The van der Waals surface area contributed by atoms with Gasteiger partial charge in [0.25, 0.3) is 0 Å². The highest BCUT2D eigenvalue weighted by atomic mass is 35.5. The number of ether oxygens (including phenoxy) is 1. The molecule has 0 heterocycles. The molecular formula is C14H20ClNO3S. The molecule has 0 unspecified atom stereocenters. The number of benzene rings is 1. The summed E-state index contributed by atoms with van der Waals surface area (Å²) in [5, 5.41) is 0.378. The van der Waals surface area contributed by atoms with Crippen LogP contribution in [0.5, 0.6) is 5.75 Å². The molecule has 0 amide bonds.